The van der Waals surface area contributed by atoms with E-state index in [1.54, 1.807) is 6.26 Å². The Morgan fingerprint density at radius 2 is 2.00 bits per heavy atom. The zero-order valence-electron chi connectivity index (χ0n) is 12.9. The zero-order valence-corrected chi connectivity index (χ0v) is 13.7. The predicted molar refractivity (Wildman–Crippen MR) is 86.3 cm³/mol. The van der Waals surface area contributed by atoms with Gasteiger partial charge >= 0.3 is 0 Å². The molecule has 1 heterocycles. The summed E-state index contributed by atoms with van der Waals surface area (Å²) in [4.78, 5) is 14.5. The van der Waals surface area contributed by atoms with Crippen molar-refractivity contribution in [1.29, 1.82) is 0 Å². The molecule has 0 bridgehead atoms. The minimum atomic E-state index is -0.915. The summed E-state index contributed by atoms with van der Waals surface area (Å²) in [6, 6.07) is 9.82. The van der Waals surface area contributed by atoms with Gasteiger partial charge in [0.1, 0.15) is 6.17 Å². The van der Waals surface area contributed by atoms with Crippen LogP contribution in [0.15, 0.2) is 30.3 Å². The first-order valence-corrected chi connectivity index (χ1v) is 9.20. The molecule has 0 saturated carbocycles. The van der Waals surface area contributed by atoms with E-state index in [1.807, 2.05) is 42.2 Å². The van der Waals surface area contributed by atoms with E-state index in [-0.39, 0.29) is 24.2 Å². The summed E-state index contributed by atoms with van der Waals surface area (Å²) in [6.07, 6.45) is 3.37. The summed E-state index contributed by atoms with van der Waals surface area (Å²) >= 11 is 0. The number of hydrogen-bond donors (Lipinski definition) is 1. The fourth-order valence-electron chi connectivity index (χ4n) is 2.93. The molecule has 1 aliphatic heterocycles. The lowest BCUT2D eigenvalue weighted by Crippen LogP contribution is -2.41. The Morgan fingerprint density at radius 1 is 1.33 bits per heavy atom. The quantitative estimate of drug-likeness (QED) is 0.875. The third-order valence-corrected chi connectivity index (χ3v) is 4.79. The predicted octanol–water partition coefficient (Wildman–Crippen LogP) is 2.05. The first-order chi connectivity index (χ1) is 10.0. The summed E-state index contributed by atoms with van der Waals surface area (Å²) in [5.41, 5.74) is 1.08. The highest BCUT2D eigenvalue weighted by Gasteiger charge is 2.41. The van der Waals surface area contributed by atoms with Crippen LogP contribution in [0, 0.1) is 0 Å². The summed E-state index contributed by atoms with van der Waals surface area (Å²) in [6.45, 7) is 4.06. The highest BCUT2D eigenvalue weighted by atomic mass is 32.2. The Hall–Kier alpha value is -1.20. The Kier molecular flexibility index (Phi) is 5.53. The fraction of sp³-hybridized carbons (Fsp3) is 0.562. The zero-order chi connectivity index (χ0) is 15.4. The van der Waals surface area contributed by atoms with Crippen LogP contribution in [0.1, 0.15) is 38.4 Å². The summed E-state index contributed by atoms with van der Waals surface area (Å²) in [5.74, 6) is 0.638. The molecule has 1 aromatic rings. The van der Waals surface area contributed by atoms with Crippen LogP contribution < -0.4 is 5.32 Å². The van der Waals surface area contributed by atoms with Crippen molar-refractivity contribution in [3.63, 3.8) is 0 Å². The summed E-state index contributed by atoms with van der Waals surface area (Å²) in [7, 11) is -0.915. The van der Waals surface area contributed by atoms with Gasteiger partial charge in [-0.15, -0.1) is 0 Å². The van der Waals surface area contributed by atoms with Crippen LogP contribution in [0.2, 0.25) is 0 Å². The van der Waals surface area contributed by atoms with Crippen LogP contribution in [0.25, 0.3) is 0 Å². The summed E-state index contributed by atoms with van der Waals surface area (Å²) in [5, 5.41) is 3.44. The van der Waals surface area contributed by atoms with Gasteiger partial charge in [0.05, 0.1) is 6.04 Å². The SMILES string of the molecule is CCCC1NC(c2ccccc2)N(C(C)CS(C)=O)C1=O. The molecule has 1 amide bonds. The molecule has 0 spiro atoms. The number of carbonyl (C=O) groups is 1. The molecule has 1 saturated heterocycles. The van der Waals surface area contributed by atoms with E-state index < -0.39 is 10.8 Å². The fourth-order valence-corrected chi connectivity index (χ4v) is 3.77. The Bertz CT molecular complexity index is 506. The van der Waals surface area contributed by atoms with E-state index in [4.69, 9.17) is 0 Å². The highest BCUT2D eigenvalue weighted by Crippen LogP contribution is 2.29. The van der Waals surface area contributed by atoms with Gasteiger partial charge in [0.2, 0.25) is 5.91 Å². The van der Waals surface area contributed by atoms with Crippen LogP contribution in [0.4, 0.5) is 0 Å². The number of hydrogen-bond acceptors (Lipinski definition) is 3. The molecular formula is C16H24N2O2S. The van der Waals surface area contributed by atoms with Gasteiger partial charge < -0.3 is 4.90 Å². The van der Waals surface area contributed by atoms with Crippen molar-refractivity contribution < 1.29 is 9.00 Å². The lowest BCUT2D eigenvalue weighted by molar-refractivity contribution is -0.131. The van der Waals surface area contributed by atoms with E-state index in [9.17, 15) is 9.00 Å². The van der Waals surface area contributed by atoms with Crippen LogP contribution in [-0.2, 0) is 15.6 Å². The Balaban J connectivity index is 2.27. The maximum Gasteiger partial charge on any atom is 0.241 e. The first kappa shape index (κ1) is 16.2. The molecule has 1 N–H and O–H groups in total. The third kappa shape index (κ3) is 3.71. The topological polar surface area (TPSA) is 49.4 Å². The Morgan fingerprint density at radius 3 is 2.57 bits per heavy atom. The van der Waals surface area contributed by atoms with Gasteiger partial charge in [0.15, 0.2) is 0 Å². The van der Waals surface area contributed by atoms with Gasteiger partial charge in [-0.25, -0.2) is 0 Å². The van der Waals surface area contributed by atoms with Crippen molar-refractivity contribution in [1.82, 2.24) is 10.2 Å². The van der Waals surface area contributed by atoms with Crippen LogP contribution in [0.3, 0.4) is 0 Å². The molecule has 0 aliphatic carbocycles. The summed E-state index contributed by atoms with van der Waals surface area (Å²) < 4.78 is 11.5. The molecule has 0 aromatic heterocycles. The molecule has 4 nitrogen and oxygen atoms in total. The average molecular weight is 308 g/mol. The third-order valence-electron chi connectivity index (χ3n) is 3.83. The van der Waals surface area contributed by atoms with E-state index in [0.29, 0.717) is 5.75 Å². The first-order valence-electron chi connectivity index (χ1n) is 7.47. The lowest BCUT2D eigenvalue weighted by Gasteiger charge is -2.30. The number of nitrogens with zero attached hydrogens (tertiary/aromatic N) is 1. The molecule has 4 unspecified atom stereocenters. The molecule has 1 aromatic carbocycles. The molecule has 21 heavy (non-hydrogen) atoms. The second kappa shape index (κ2) is 7.18. The van der Waals surface area contributed by atoms with E-state index in [0.717, 1.165) is 18.4 Å². The number of amides is 1. The molecule has 5 heteroatoms. The standard InChI is InChI=1S/C16H24N2O2S/c1-4-8-14-16(19)18(12(2)11-21(3)20)15(17-14)13-9-6-5-7-10-13/h5-7,9-10,12,14-15,17H,4,8,11H2,1-3H3. The minimum absolute atomic E-state index is 0.0390. The van der Waals surface area contributed by atoms with Gasteiger partial charge in [0, 0.05) is 28.9 Å². The van der Waals surface area contributed by atoms with Crippen molar-refractivity contribution >= 4 is 16.7 Å². The average Bonchev–Trinajstić information content (AvgIpc) is 2.77. The molecule has 0 radical (unpaired) electrons. The van der Waals surface area contributed by atoms with Crippen molar-refractivity contribution in [2.75, 3.05) is 12.0 Å². The van der Waals surface area contributed by atoms with E-state index in [1.165, 1.54) is 0 Å². The van der Waals surface area contributed by atoms with Gasteiger partial charge in [0.25, 0.3) is 0 Å². The maximum absolute atomic E-state index is 12.7. The monoisotopic (exact) mass is 308 g/mol. The molecule has 1 aliphatic rings. The van der Waals surface area contributed by atoms with Crippen LogP contribution >= 0.6 is 0 Å². The molecule has 116 valence electrons. The van der Waals surface area contributed by atoms with Crippen molar-refractivity contribution in [2.45, 2.75) is 44.9 Å². The smallest absolute Gasteiger partial charge is 0.241 e. The molecule has 4 atom stereocenters. The number of nitrogens with one attached hydrogen (secondary N) is 1. The number of carbonyl (C=O) groups excluding carboxylic acids is 1. The second-order valence-electron chi connectivity index (χ2n) is 5.66. The van der Waals surface area contributed by atoms with Crippen LogP contribution in [0.5, 0.6) is 0 Å². The van der Waals surface area contributed by atoms with Gasteiger partial charge in [-0.3, -0.25) is 14.3 Å². The van der Waals surface area contributed by atoms with Gasteiger partial charge in [-0.05, 0) is 18.9 Å². The van der Waals surface area contributed by atoms with Crippen molar-refractivity contribution in [3.05, 3.63) is 35.9 Å². The largest absolute Gasteiger partial charge is 0.318 e. The minimum Gasteiger partial charge on any atom is -0.318 e. The molecule has 1 fully saturated rings. The molecular weight excluding hydrogens is 284 g/mol. The van der Waals surface area contributed by atoms with Gasteiger partial charge in [-0.2, -0.15) is 0 Å². The lowest BCUT2D eigenvalue weighted by atomic mass is 10.1. The van der Waals surface area contributed by atoms with Crippen molar-refractivity contribution in [3.8, 4) is 0 Å². The number of benzene rings is 1. The van der Waals surface area contributed by atoms with Crippen LogP contribution in [-0.4, -0.2) is 39.1 Å². The second-order valence-corrected chi connectivity index (χ2v) is 7.14. The van der Waals surface area contributed by atoms with E-state index in [2.05, 4.69) is 12.2 Å². The Labute approximate surface area is 129 Å². The van der Waals surface area contributed by atoms with Crippen molar-refractivity contribution in [2.24, 2.45) is 0 Å². The maximum atomic E-state index is 12.7. The molecule has 2 rings (SSSR count). The normalized spacial score (nSPS) is 25.1. The highest BCUT2D eigenvalue weighted by molar-refractivity contribution is 7.84. The number of rotatable bonds is 6. The van der Waals surface area contributed by atoms with E-state index >= 15 is 0 Å². The van der Waals surface area contributed by atoms with Gasteiger partial charge in [-0.1, -0.05) is 43.7 Å².